The number of hydrogen-bond acceptors (Lipinski definition) is 4. The second-order valence-corrected chi connectivity index (χ2v) is 3.93. The molecule has 7 nitrogen and oxygen atoms in total. The van der Waals surface area contributed by atoms with Crippen LogP contribution in [0.15, 0.2) is 24.3 Å². The molecule has 0 atom stereocenters. The molecule has 8 heteroatoms. The molecule has 0 aliphatic heterocycles. The van der Waals surface area contributed by atoms with E-state index < -0.39 is 16.1 Å². The third-order valence-corrected chi connectivity index (χ3v) is 2.03. The summed E-state index contributed by atoms with van der Waals surface area (Å²) in [6.45, 7) is 0. The SMILES string of the molecule is NS(=O)(=O)Nc1ccccc1C(=O)NO. The first-order valence-electron chi connectivity index (χ1n) is 3.78. The summed E-state index contributed by atoms with van der Waals surface area (Å²) in [5, 5.41) is 13.1. The number of nitrogens with one attached hydrogen (secondary N) is 2. The van der Waals surface area contributed by atoms with Gasteiger partial charge in [0.15, 0.2) is 0 Å². The Bertz CT molecular complexity index is 471. The predicted molar refractivity (Wildman–Crippen MR) is 52.4 cm³/mol. The van der Waals surface area contributed by atoms with Crippen molar-refractivity contribution in [2.45, 2.75) is 0 Å². The maximum atomic E-state index is 11.1. The summed E-state index contributed by atoms with van der Waals surface area (Å²) in [5.41, 5.74) is 1.35. The molecule has 0 heterocycles. The maximum Gasteiger partial charge on any atom is 0.296 e. The molecule has 0 fully saturated rings. The molecular weight excluding hydrogens is 222 g/mol. The van der Waals surface area contributed by atoms with E-state index in [0.29, 0.717) is 0 Å². The molecule has 1 aromatic carbocycles. The van der Waals surface area contributed by atoms with Gasteiger partial charge in [0.05, 0.1) is 11.3 Å². The zero-order chi connectivity index (χ0) is 11.5. The third kappa shape index (κ3) is 3.20. The van der Waals surface area contributed by atoms with E-state index in [1.807, 2.05) is 4.72 Å². The molecule has 0 aliphatic carbocycles. The molecule has 1 amide bonds. The Hall–Kier alpha value is -1.64. The fourth-order valence-corrected chi connectivity index (χ4v) is 1.47. The Kier molecular flexibility index (Phi) is 3.24. The van der Waals surface area contributed by atoms with Gasteiger partial charge in [0.25, 0.3) is 16.1 Å². The van der Waals surface area contributed by atoms with Crippen LogP contribution in [-0.4, -0.2) is 19.5 Å². The van der Waals surface area contributed by atoms with Crippen molar-refractivity contribution in [3.8, 4) is 0 Å². The minimum Gasteiger partial charge on any atom is -0.288 e. The first kappa shape index (κ1) is 11.4. The number of hydrogen-bond donors (Lipinski definition) is 4. The van der Waals surface area contributed by atoms with Crippen LogP contribution in [0.1, 0.15) is 10.4 Å². The van der Waals surface area contributed by atoms with Gasteiger partial charge in [0.1, 0.15) is 0 Å². The first-order valence-corrected chi connectivity index (χ1v) is 5.32. The number of para-hydroxylation sites is 1. The summed E-state index contributed by atoms with van der Waals surface area (Å²) in [4.78, 5) is 11.1. The van der Waals surface area contributed by atoms with Gasteiger partial charge in [-0.15, -0.1) is 0 Å². The fraction of sp³-hybridized carbons (Fsp3) is 0. The van der Waals surface area contributed by atoms with E-state index in [-0.39, 0.29) is 11.3 Å². The lowest BCUT2D eigenvalue weighted by molar-refractivity contribution is 0.0707. The molecule has 82 valence electrons. The number of anilines is 1. The highest BCUT2D eigenvalue weighted by atomic mass is 32.2. The Labute approximate surface area is 86.0 Å². The van der Waals surface area contributed by atoms with Crippen molar-refractivity contribution in [2.24, 2.45) is 5.14 Å². The zero-order valence-electron chi connectivity index (χ0n) is 7.47. The number of amides is 1. The molecule has 0 aliphatic rings. The summed E-state index contributed by atoms with van der Waals surface area (Å²) < 4.78 is 23.4. The molecule has 15 heavy (non-hydrogen) atoms. The van der Waals surface area contributed by atoms with Gasteiger partial charge < -0.3 is 0 Å². The molecule has 0 radical (unpaired) electrons. The van der Waals surface area contributed by atoms with Gasteiger partial charge in [-0.25, -0.2) is 10.6 Å². The quantitative estimate of drug-likeness (QED) is 0.410. The summed E-state index contributed by atoms with van der Waals surface area (Å²) in [6, 6.07) is 5.70. The second kappa shape index (κ2) is 4.26. The number of carbonyl (C=O) groups excluding carboxylic acids is 1. The van der Waals surface area contributed by atoms with Crippen LogP contribution in [0.4, 0.5) is 5.69 Å². The Morgan fingerprint density at radius 2 is 1.93 bits per heavy atom. The average Bonchev–Trinajstić information content (AvgIpc) is 2.15. The number of carbonyl (C=O) groups is 1. The first-order chi connectivity index (χ1) is 6.94. The van der Waals surface area contributed by atoms with Gasteiger partial charge in [-0.3, -0.25) is 14.7 Å². The molecule has 5 N–H and O–H groups in total. The minimum atomic E-state index is -3.95. The number of hydroxylamine groups is 1. The van der Waals surface area contributed by atoms with Crippen molar-refractivity contribution < 1.29 is 18.4 Å². The van der Waals surface area contributed by atoms with E-state index >= 15 is 0 Å². The van der Waals surface area contributed by atoms with Crippen molar-refractivity contribution in [2.75, 3.05) is 4.72 Å². The van der Waals surface area contributed by atoms with Crippen molar-refractivity contribution >= 4 is 21.8 Å². The van der Waals surface area contributed by atoms with Crippen LogP contribution in [0.5, 0.6) is 0 Å². The minimum absolute atomic E-state index is 0.00782. The topological polar surface area (TPSA) is 122 Å². The van der Waals surface area contributed by atoms with E-state index in [9.17, 15) is 13.2 Å². The molecule has 0 saturated carbocycles. The van der Waals surface area contributed by atoms with E-state index in [4.69, 9.17) is 10.3 Å². The van der Waals surface area contributed by atoms with Crippen LogP contribution in [0.3, 0.4) is 0 Å². The molecule has 0 bridgehead atoms. The number of nitrogens with two attached hydrogens (primary N) is 1. The van der Waals surface area contributed by atoms with E-state index in [0.717, 1.165) is 0 Å². The molecular formula is C7H9N3O4S. The highest BCUT2D eigenvalue weighted by molar-refractivity contribution is 7.90. The third-order valence-electron chi connectivity index (χ3n) is 1.53. The van der Waals surface area contributed by atoms with Crippen LogP contribution >= 0.6 is 0 Å². The van der Waals surface area contributed by atoms with E-state index in [1.165, 1.54) is 29.7 Å². The van der Waals surface area contributed by atoms with Crippen LogP contribution in [0, 0.1) is 0 Å². The Balaban J connectivity index is 3.13. The Morgan fingerprint density at radius 1 is 1.33 bits per heavy atom. The number of rotatable bonds is 3. The molecule has 1 rings (SSSR count). The zero-order valence-corrected chi connectivity index (χ0v) is 8.28. The molecule has 0 saturated heterocycles. The molecule has 0 unspecified atom stereocenters. The molecule has 1 aromatic rings. The van der Waals surface area contributed by atoms with Crippen molar-refractivity contribution in [3.05, 3.63) is 29.8 Å². The predicted octanol–water partition coefficient (Wildman–Crippen LogP) is -0.579. The van der Waals surface area contributed by atoms with Gasteiger partial charge in [0.2, 0.25) is 0 Å². The van der Waals surface area contributed by atoms with Crippen molar-refractivity contribution in [1.82, 2.24) is 5.48 Å². The van der Waals surface area contributed by atoms with E-state index in [2.05, 4.69) is 0 Å². The lowest BCUT2D eigenvalue weighted by Crippen LogP contribution is -2.25. The van der Waals surface area contributed by atoms with Gasteiger partial charge in [-0.1, -0.05) is 12.1 Å². The van der Waals surface area contributed by atoms with Gasteiger partial charge in [0, 0.05) is 0 Å². The highest BCUT2D eigenvalue weighted by Crippen LogP contribution is 2.15. The summed E-state index contributed by atoms with van der Waals surface area (Å²) in [7, 11) is -3.95. The summed E-state index contributed by atoms with van der Waals surface area (Å²) >= 11 is 0. The fourth-order valence-electron chi connectivity index (χ4n) is 0.984. The van der Waals surface area contributed by atoms with E-state index in [1.54, 1.807) is 0 Å². The normalized spacial score (nSPS) is 10.8. The molecule has 0 spiro atoms. The van der Waals surface area contributed by atoms with Gasteiger partial charge in [-0.05, 0) is 12.1 Å². The largest absolute Gasteiger partial charge is 0.296 e. The molecule has 0 aromatic heterocycles. The van der Waals surface area contributed by atoms with Gasteiger partial charge >= 0.3 is 0 Å². The maximum absolute atomic E-state index is 11.1. The monoisotopic (exact) mass is 231 g/mol. The van der Waals surface area contributed by atoms with Crippen LogP contribution in [0.25, 0.3) is 0 Å². The standard InChI is InChI=1S/C7H9N3O4S/c8-15(13,14)10-6-4-2-1-3-5(6)7(11)9-12/h1-4,10,12H,(H,9,11)(H2,8,13,14). The van der Waals surface area contributed by atoms with Crippen molar-refractivity contribution in [3.63, 3.8) is 0 Å². The lowest BCUT2D eigenvalue weighted by atomic mass is 10.2. The van der Waals surface area contributed by atoms with Crippen LogP contribution in [0.2, 0.25) is 0 Å². The second-order valence-electron chi connectivity index (χ2n) is 2.63. The van der Waals surface area contributed by atoms with Crippen LogP contribution in [-0.2, 0) is 10.2 Å². The summed E-state index contributed by atoms with van der Waals surface area (Å²) in [5.74, 6) is -0.832. The Morgan fingerprint density at radius 3 is 2.47 bits per heavy atom. The smallest absolute Gasteiger partial charge is 0.288 e. The van der Waals surface area contributed by atoms with Crippen molar-refractivity contribution in [1.29, 1.82) is 0 Å². The van der Waals surface area contributed by atoms with Crippen LogP contribution < -0.4 is 15.3 Å². The highest BCUT2D eigenvalue weighted by Gasteiger charge is 2.12. The summed E-state index contributed by atoms with van der Waals surface area (Å²) in [6.07, 6.45) is 0. The average molecular weight is 231 g/mol. The number of benzene rings is 1. The lowest BCUT2D eigenvalue weighted by Gasteiger charge is -2.07. The van der Waals surface area contributed by atoms with Gasteiger partial charge in [-0.2, -0.15) is 8.42 Å².